The van der Waals surface area contributed by atoms with Crippen molar-refractivity contribution in [2.75, 3.05) is 7.11 Å². The highest BCUT2D eigenvalue weighted by Gasteiger charge is 2.02. The lowest BCUT2D eigenvalue weighted by atomic mass is 10.1. The van der Waals surface area contributed by atoms with Crippen molar-refractivity contribution in [3.8, 4) is 5.75 Å². The molecule has 82 valence electrons. The van der Waals surface area contributed by atoms with E-state index in [2.05, 4.69) is 4.98 Å². The summed E-state index contributed by atoms with van der Waals surface area (Å²) in [6, 6.07) is 5.71. The van der Waals surface area contributed by atoms with Crippen LogP contribution in [0.15, 0.2) is 30.5 Å². The summed E-state index contributed by atoms with van der Waals surface area (Å²) in [7, 11) is 1.62. The summed E-state index contributed by atoms with van der Waals surface area (Å²) in [5, 5.41) is 1.03. The maximum Gasteiger partial charge on any atom is 0.241 e. The van der Waals surface area contributed by atoms with E-state index in [1.807, 2.05) is 24.4 Å². The van der Waals surface area contributed by atoms with Crippen molar-refractivity contribution in [2.24, 2.45) is 5.73 Å². The zero-order valence-electron chi connectivity index (χ0n) is 8.86. The lowest BCUT2D eigenvalue weighted by Crippen LogP contribution is -2.04. The number of aromatic amines is 1. The number of hydrogen-bond donors (Lipinski definition) is 2. The number of aromatic nitrogens is 1. The van der Waals surface area contributed by atoms with Gasteiger partial charge in [-0.25, -0.2) is 0 Å². The summed E-state index contributed by atoms with van der Waals surface area (Å²) in [4.78, 5) is 13.7. The normalized spacial score (nSPS) is 11.1. The molecule has 2 aromatic rings. The molecule has 0 radical (unpaired) electrons. The van der Waals surface area contributed by atoms with Crippen molar-refractivity contribution in [3.05, 3.63) is 36.0 Å². The van der Waals surface area contributed by atoms with Gasteiger partial charge in [0, 0.05) is 29.2 Å². The molecule has 0 fully saturated rings. The van der Waals surface area contributed by atoms with E-state index < -0.39 is 5.91 Å². The number of hydrogen-bond acceptors (Lipinski definition) is 2. The van der Waals surface area contributed by atoms with Crippen LogP contribution in [-0.2, 0) is 4.79 Å². The number of nitrogens with two attached hydrogens (primary N) is 1. The van der Waals surface area contributed by atoms with E-state index in [0.717, 1.165) is 22.2 Å². The van der Waals surface area contributed by atoms with Crippen LogP contribution >= 0.6 is 0 Å². The van der Waals surface area contributed by atoms with Crippen molar-refractivity contribution in [1.29, 1.82) is 0 Å². The molecule has 0 aliphatic rings. The van der Waals surface area contributed by atoms with Crippen molar-refractivity contribution >= 4 is 22.9 Å². The van der Waals surface area contributed by atoms with Gasteiger partial charge in [-0.3, -0.25) is 4.79 Å². The van der Waals surface area contributed by atoms with Gasteiger partial charge in [-0.15, -0.1) is 0 Å². The number of methoxy groups -OCH3 is 1. The highest BCUT2D eigenvalue weighted by Crippen LogP contribution is 2.23. The number of ether oxygens (including phenoxy) is 1. The maximum absolute atomic E-state index is 10.6. The fourth-order valence-electron chi connectivity index (χ4n) is 1.56. The Morgan fingerprint density at radius 3 is 3.00 bits per heavy atom. The minimum Gasteiger partial charge on any atom is -0.497 e. The Hall–Kier alpha value is -2.23. The maximum atomic E-state index is 10.6. The Morgan fingerprint density at radius 1 is 1.50 bits per heavy atom. The van der Waals surface area contributed by atoms with Gasteiger partial charge in [0.2, 0.25) is 5.91 Å². The molecule has 1 aromatic carbocycles. The van der Waals surface area contributed by atoms with Crippen molar-refractivity contribution in [3.63, 3.8) is 0 Å². The van der Waals surface area contributed by atoms with Gasteiger partial charge in [0.15, 0.2) is 0 Å². The monoisotopic (exact) mass is 216 g/mol. The smallest absolute Gasteiger partial charge is 0.241 e. The molecule has 0 spiro atoms. The first kappa shape index (κ1) is 10.3. The van der Waals surface area contributed by atoms with E-state index in [1.54, 1.807) is 13.2 Å². The molecule has 0 aliphatic carbocycles. The van der Waals surface area contributed by atoms with E-state index in [-0.39, 0.29) is 0 Å². The topological polar surface area (TPSA) is 68.1 Å². The minimum atomic E-state index is -0.456. The number of primary amides is 1. The van der Waals surface area contributed by atoms with Gasteiger partial charge in [0.25, 0.3) is 0 Å². The van der Waals surface area contributed by atoms with E-state index in [9.17, 15) is 4.79 Å². The number of H-pyrrole nitrogens is 1. The second-order valence-corrected chi connectivity index (χ2v) is 3.39. The molecule has 0 bridgehead atoms. The Kier molecular flexibility index (Phi) is 2.64. The summed E-state index contributed by atoms with van der Waals surface area (Å²) in [6.45, 7) is 0. The molecule has 1 heterocycles. The third-order valence-corrected chi connectivity index (χ3v) is 2.35. The van der Waals surface area contributed by atoms with Crippen molar-refractivity contribution in [2.45, 2.75) is 0 Å². The third-order valence-electron chi connectivity index (χ3n) is 2.35. The molecule has 1 aromatic heterocycles. The lowest BCUT2D eigenvalue weighted by molar-refractivity contribution is -0.113. The molecule has 4 heteroatoms. The molecular weight excluding hydrogens is 204 g/mol. The van der Waals surface area contributed by atoms with Gasteiger partial charge in [0.05, 0.1) is 7.11 Å². The van der Waals surface area contributed by atoms with E-state index in [1.165, 1.54) is 6.08 Å². The van der Waals surface area contributed by atoms with E-state index >= 15 is 0 Å². The van der Waals surface area contributed by atoms with Gasteiger partial charge < -0.3 is 15.5 Å². The minimum absolute atomic E-state index is 0.456. The van der Waals surface area contributed by atoms with Crippen LogP contribution in [0.4, 0.5) is 0 Å². The number of benzene rings is 1. The van der Waals surface area contributed by atoms with Crippen LogP contribution in [0.1, 0.15) is 5.56 Å². The number of nitrogens with one attached hydrogen (secondary N) is 1. The fourth-order valence-corrected chi connectivity index (χ4v) is 1.56. The zero-order chi connectivity index (χ0) is 11.5. The first-order valence-corrected chi connectivity index (χ1v) is 4.83. The van der Waals surface area contributed by atoms with E-state index in [4.69, 9.17) is 10.5 Å². The molecule has 16 heavy (non-hydrogen) atoms. The number of fused-ring (bicyclic) bond motifs is 1. The lowest BCUT2D eigenvalue weighted by Gasteiger charge is -1.98. The Bertz CT molecular complexity index is 555. The van der Waals surface area contributed by atoms with Crippen LogP contribution in [0.3, 0.4) is 0 Å². The molecule has 0 atom stereocenters. The zero-order valence-corrected chi connectivity index (χ0v) is 8.86. The Balaban J connectivity index is 2.45. The molecule has 0 aliphatic heterocycles. The summed E-state index contributed by atoms with van der Waals surface area (Å²) in [5.41, 5.74) is 6.93. The standard InChI is InChI=1S/C12H12N2O2/c1-16-9-3-4-10-8(2-5-12(13)15)7-14-11(10)6-9/h2-7,14H,1H3,(H2,13,15)/b5-2-. The van der Waals surface area contributed by atoms with Crippen LogP contribution < -0.4 is 10.5 Å². The van der Waals surface area contributed by atoms with Crippen LogP contribution in [0.2, 0.25) is 0 Å². The summed E-state index contributed by atoms with van der Waals surface area (Å²) in [6.07, 6.45) is 4.85. The van der Waals surface area contributed by atoms with E-state index in [0.29, 0.717) is 0 Å². The third kappa shape index (κ3) is 1.91. The number of carbonyl (C=O) groups is 1. The largest absolute Gasteiger partial charge is 0.497 e. The molecule has 1 amide bonds. The van der Waals surface area contributed by atoms with Crippen LogP contribution in [-0.4, -0.2) is 18.0 Å². The van der Waals surface area contributed by atoms with Crippen molar-refractivity contribution in [1.82, 2.24) is 4.98 Å². The summed E-state index contributed by atoms with van der Waals surface area (Å²) >= 11 is 0. The second-order valence-electron chi connectivity index (χ2n) is 3.39. The molecular formula is C12H12N2O2. The predicted octanol–water partition coefficient (Wildman–Crippen LogP) is 1.67. The second kappa shape index (κ2) is 4.10. The Morgan fingerprint density at radius 2 is 2.31 bits per heavy atom. The molecule has 0 saturated carbocycles. The highest BCUT2D eigenvalue weighted by molar-refractivity contribution is 5.95. The molecule has 3 N–H and O–H groups in total. The highest BCUT2D eigenvalue weighted by atomic mass is 16.5. The van der Waals surface area contributed by atoms with Crippen LogP contribution in [0, 0.1) is 0 Å². The summed E-state index contributed by atoms with van der Waals surface area (Å²) < 4.78 is 5.12. The van der Waals surface area contributed by atoms with Gasteiger partial charge >= 0.3 is 0 Å². The van der Waals surface area contributed by atoms with Gasteiger partial charge in [-0.1, -0.05) is 0 Å². The van der Waals surface area contributed by atoms with Crippen LogP contribution in [0.25, 0.3) is 17.0 Å². The first-order chi connectivity index (χ1) is 7.70. The summed E-state index contributed by atoms with van der Waals surface area (Å²) in [5.74, 6) is 0.336. The quantitative estimate of drug-likeness (QED) is 0.766. The number of amides is 1. The van der Waals surface area contributed by atoms with Crippen molar-refractivity contribution < 1.29 is 9.53 Å². The molecule has 0 saturated heterocycles. The average Bonchev–Trinajstić information content (AvgIpc) is 2.68. The molecule has 2 rings (SSSR count). The Labute approximate surface area is 92.7 Å². The number of rotatable bonds is 3. The fraction of sp³-hybridized carbons (Fsp3) is 0.0833. The molecule has 4 nitrogen and oxygen atoms in total. The number of carbonyl (C=O) groups excluding carboxylic acids is 1. The van der Waals surface area contributed by atoms with Crippen LogP contribution in [0.5, 0.6) is 5.75 Å². The predicted molar refractivity (Wildman–Crippen MR) is 63.1 cm³/mol. The van der Waals surface area contributed by atoms with Gasteiger partial charge in [0.1, 0.15) is 5.75 Å². The van der Waals surface area contributed by atoms with Gasteiger partial charge in [-0.2, -0.15) is 0 Å². The SMILES string of the molecule is COc1ccc2c(/C=C\C(N)=O)c[nH]c2c1. The van der Waals surface area contributed by atoms with Gasteiger partial charge in [-0.05, 0) is 23.8 Å². The average molecular weight is 216 g/mol. The first-order valence-electron chi connectivity index (χ1n) is 4.83. The molecule has 0 unspecified atom stereocenters.